The monoisotopic (exact) mass is 340 g/mol. The molecule has 4 heteroatoms. The summed E-state index contributed by atoms with van der Waals surface area (Å²) >= 11 is 0. The van der Waals surface area contributed by atoms with Crippen LogP contribution in [0, 0.1) is 0 Å². The van der Waals surface area contributed by atoms with Crippen molar-refractivity contribution in [1.29, 1.82) is 0 Å². The predicted molar refractivity (Wildman–Crippen MR) is 97.8 cm³/mol. The Labute approximate surface area is 148 Å². The van der Waals surface area contributed by atoms with Crippen LogP contribution in [-0.4, -0.2) is 25.2 Å². The van der Waals surface area contributed by atoms with Gasteiger partial charge >= 0.3 is 11.9 Å². The molecule has 0 saturated carbocycles. The second-order valence-corrected chi connectivity index (χ2v) is 6.20. The Morgan fingerprint density at radius 1 is 0.750 bits per heavy atom. The Bertz CT molecular complexity index is 326. The standard InChI is InChI=1S/C20H36O4/c1-3-5-7-14-18-24-20(22)16-13-11-9-8-10-12-15-19(21)23-17-6-4-2/h4H,2-3,5-18H2,1H3. The van der Waals surface area contributed by atoms with Gasteiger partial charge in [0.2, 0.25) is 0 Å². The molecule has 140 valence electrons. The first-order chi connectivity index (χ1) is 11.7. The van der Waals surface area contributed by atoms with Crippen molar-refractivity contribution in [3.8, 4) is 0 Å². The fourth-order valence-electron chi connectivity index (χ4n) is 2.36. The molecule has 0 rings (SSSR count). The van der Waals surface area contributed by atoms with Gasteiger partial charge in [-0.15, -0.1) is 6.58 Å². The van der Waals surface area contributed by atoms with E-state index in [1.807, 2.05) is 0 Å². The van der Waals surface area contributed by atoms with E-state index in [9.17, 15) is 9.59 Å². The summed E-state index contributed by atoms with van der Waals surface area (Å²) in [5.74, 6) is -0.174. The number of ether oxygens (including phenoxy) is 2. The van der Waals surface area contributed by atoms with Gasteiger partial charge in [-0.2, -0.15) is 0 Å². The molecule has 0 aliphatic rings. The van der Waals surface area contributed by atoms with Gasteiger partial charge in [0.15, 0.2) is 0 Å². The van der Waals surface area contributed by atoms with E-state index in [0.717, 1.165) is 51.4 Å². The normalized spacial score (nSPS) is 10.4. The van der Waals surface area contributed by atoms with Crippen molar-refractivity contribution in [1.82, 2.24) is 0 Å². The van der Waals surface area contributed by atoms with Crippen molar-refractivity contribution in [3.05, 3.63) is 12.7 Å². The zero-order chi connectivity index (χ0) is 17.9. The maximum absolute atomic E-state index is 11.5. The second-order valence-electron chi connectivity index (χ2n) is 6.20. The summed E-state index contributed by atoms with van der Waals surface area (Å²) in [5.41, 5.74) is 0. The minimum Gasteiger partial charge on any atom is -0.466 e. The Kier molecular flexibility index (Phi) is 17.0. The van der Waals surface area contributed by atoms with E-state index in [2.05, 4.69) is 13.5 Å². The minimum absolute atomic E-state index is 0.0613. The number of hydrogen-bond donors (Lipinski definition) is 0. The van der Waals surface area contributed by atoms with Crippen molar-refractivity contribution in [2.75, 3.05) is 13.2 Å². The van der Waals surface area contributed by atoms with E-state index < -0.39 is 0 Å². The summed E-state index contributed by atoms with van der Waals surface area (Å²) in [6.45, 7) is 6.77. The number of carbonyl (C=O) groups is 2. The molecule has 0 heterocycles. The summed E-state index contributed by atoms with van der Waals surface area (Å²) in [6.07, 6.45) is 14.1. The van der Waals surface area contributed by atoms with Crippen LogP contribution in [0.2, 0.25) is 0 Å². The number of esters is 2. The molecule has 0 aromatic rings. The van der Waals surface area contributed by atoms with Gasteiger partial charge in [-0.05, 0) is 25.7 Å². The van der Waals surface area contributed by atoms with Crippen molar-refractivity contribution >= 4 is 11.9 Å². The third-order valence-electron chi connectivity index (χ3n) is 3.86. The molecule has 0 fully saturated rings. The van der Waals surface area contributed by atoms with Crippen LogP contribution in [-0.2, 0) is 19.1 Å². The SMILES string of the molecule is C=CCCOC(=O)CCCCCCCCC(=O)OCCCCCC. The van der Waals surface area contributed by atoms with Gasteiger partial charge < -0.3 is 9.47 Å². The highest BCUT2D eigenvalue weighted by atomic mass is 16.5. The first-order valence-corrected chi connectivity index (χ1v) is 9.62. The summed E-state index contributed by atoms with van der Waals surface area (Å²) in [4.78, 5) is 22.9. The molecule has 4 nitrogen and oxygen atoms in total. The smallest absolute Gasteiger partial charge is 0.305 e. The van der Waals surface area contributed by atoms with Crippen LogP contribution in [0.15, 0.2) is 12.7 Å². The van der Waals surface area contributed by atoms with Gasteiger partial charge in [0.1, 0.15) is 0 Å². The van der Waals surface area contributed by atoms with Crippen molar-refractivity contribution in [2.45, 2.75) is 90.4 Å². The lowest BCUT2D eigenvalue weighted by Gasteiger charge is -2.05. The summed E-state index contributed by atoms with van der Waals surface area (Å²) < 4.78 is 10.2. The molecular weight excluding hydrogens is 304 g/mol. The average molecular weight is 341 g/mol. The number of rotatable bonds is 17. The Morgan fingerprint density at radius 3 is 1.79 bits per heavy atom. The van der Waals surface area contributed by atoms with E-state index in [0.29, 0.717) is 32.5 Å². The van der Waals surface area contributed by atoms with E-state index in [-0.39, 0.29) is 11.9 Å². The molecule has 0 unspecified atom stereocenters. The maximum Gasteiger partial charge on any atom is 0.305 e. The molecule has 0 N–H and O–H groups in total. The third kappa shape index (κ3) is 17.0. The van der Waals surface area contributed by atoms with Crippen LogP contribution in [0.5, 0.6) is 0 Å². The number of carbonyl (C=O) groups excluding carboxylic acids is 2. The molecule has 0 bridgehead atoms. The molecule has 0 aliphatic carbocycles. The largest absolute Gasteiger partial charge is 0.466 e. The van der Waals surface area contributed by atoms with Crippen LogP contribution in [0.1, 0.15) is 90.4 Å². The maximum atomic E-state index is 11.5. The van der Waals surface area contributed by atoms with Crippen LogP contribution < -0.4 is 0 Å². The topological polar surface area (TPSA) is 52.6 Å². The van der Waals surface area contributed by atoms with Gasteiger partial charge in [-0.3, -0.25) is 9.59 Å². The van der Waals surface area contributed by atoms with Gasteiger partial charge in [0, 0.05) is 12.8 Å². The molecule has 0 radical (unpaired) electrons. The molecule has 0 saturated heterocycles. The molecule has 24 heavy (non-hydrogen) atoms. The van der Waals surface area contributed by atoms with Crippen LogP contribution in [0.3, 0.4) is 0 Å². The first-order valence-electron chi connectivity index (χ1n) is 9.62. The predicted octanol–water partition coefficient (Wildman–Crippen LogP) is 5.35. The molecule has 0 atom stereocenters. The highest BCUT2D eigenvalue weighted by Crippen LogP contribution is 2.10. The highest BCUT2D eigenvalue weighted by Gasteiger charge is 2.03. The summed E-state index contributed by atoms with van der Waals surface area (Å²) in [7, 11) is 0. The van der Waals surface area contributed by atoms with Gasteiger partial charge in [0.05, 0.1) is 13.2 Å². The zero-order valence-electron chi connectivity index (χ0n) is 15.5. The van der Waals surface area contributed by atoms with Crippen molar-refractivity contribution in [2.24, 2.45) is 0 Å². The lowest BCUT2D eigenvalue weighted by molar-refractivity contribution is -0.144. The third-order valence-corrected chi connectivity index (χ3v) is 3.86. The van der Waals surface area contributed by atoms with Crippen molar-refractivity contribution < 1.29 is 19.1 Å². The van der Waals surface area contributed by atoms with E-state index in [4.69, 9.17) is 9.47 Å². The first kappa shape index (κ1) is 22.7. The Balaban J connectivity index is 3.25. The van der Waals surface area contributed by atoms with E-state index in [1.54, 1.807) is 6.08 Å². The molecule has 0 aromatic carbocycles. The zero-order valence-corrected chi connectivity index (χ0v) is 15.5. The number of unbranched alkanes of at least 4 members (excludes halogenated alkanes) is 8. The van der Waals surface area contributed by atoms with E-state index in [1.165, 1.54) is 12.8 Å². The Hall–Kier alpha value is -1.32. The highest BCUT2D eigenvalue weighted by molar-refractivity contribution is 5.69. The molecule has 0 aliphatic heterocycles. The Morgan fingerprint density at radius 2 is 1.25 bits per heavy atom. The number of hydrogen-bond acceptors (Lipinski definition) is 4. The molecule has 0 aromatic heterocycles. The lowest BCUT2D eigenvalue weighted by atomic mass is 10.1. The van der Waals surface area contributed by atoms with E-state index >= 15 is 0 Å². The van der Waals surface area contributed by atoms with Gasteiger partial charge in [-0.1, -0.05) is 57.9 Å². The van der Waals surface area contributed by atoms with Crippen LogP contribution in [0.25, 0.3) is 0 Å². The van der Waals surface area contributed by atoms with Gasteiger partial charge in [0.25, 0.3) is 0 Å². The van der Waals surface area contributed by atoms with Crippen LogP contribution in [0.4, 0.5) is 0 Å². The summed E-state index contributed by atoms with van der Waals surface area (Å²) in [5, 5.41) is 0. The molecule has 0 amide bonds. The molecular formula is C20H36O4. The lowest BCUT2D eigenvalue weighted by Crippen LogP contribution is -2.05. The van der Waals surface area contributed by atoms with Crippen molar-refractivity contribution in [3.63, 3.8) is 0 Å². The fraction of sp³-hybridized carbons (Fsp3) is 0.800. The summed E-state index contributed by atoms with van der Waals surface area (Å²) in [6, 6.07) is 0. The molecule has 0 spiro atoms. The van der Waals surface area contributed by atoms with Gasteiger partial charge in [-0.25, -0.2) is 0 Å². The fourth-order valence-corrected chi connectivity index (χ4v) is 2.36. The van der Waals surface area contributed by atoms with Crippen LogP contribution >= 0.6 is 0 Å². The average Bonchev–Trinajstić information content (AvgIpc) is 2.57. The minimum atomic E-state index is -0.112. The quantitative estimate of drug-likeness (QED) is 0.203. The second kappa shape index (κ2) is 18.0.